The molecule has 2 N–H and O–H groups in total. The van der Waals surface area contributed by atoms with Gasteiger partial charge in [-0.2, -0.15) is 0 Å². The third kappa shape index (κ3) is 1.10. The number of hydrogen-bond acceptors (Lipinski definition) is 4. The maximum absolute atomic E-state index is 11.8. The Morgan fingerprint density at radius 1 is 1.56 bits per heavy atom. The van der Waals surface area contributed by atoms with E-state index in [1.54, 1.807) is 0 Å². The molecular weight excluding hydrogens is 238 g/mol. The lowest BCUT2D eigenvalue weighted by Crippen LogP contribution is -2.49. The van der Waals surface area contributed by atoms with Gasteiger partial charge < -0.3 is 15.2 Å². The molecule has 5 unspecified atom stereocenters. The van der Waals surface area contributed by atoms with Gasteiger partial charge in [0.15, 0.2) is 5.41 Å². The zero-order chi connectivity index (χ0) is 13.1. The quantitative estimate of drug-likeness (QED) is 0.408. The van der Waals surface area contributed by atoms with Crippen molar-refractivity contribution in [2.45, 2.75) is 25.0 Å². The second-order valence-electron chi connectivity index (χ2n) is 5.19. The molecule has 0 spiro atoms. The van der Waals surface area contributed by atoms with Crippen molar-refractivity contribution in [1.82, 2.24) is 5.32 Å². The lowest BCUT2D eigenvalue weighted by Gasteiger charge is -2.29. The SMILES string of the molecule is C=CC(=O)NC1C2CC3C1OC(=O)C3(C(=O)O)C2. The van der Waals surface area contributed by atoms with E-state index in [2.05, 4.69) is 11.9 Å². The summed E-state index contributed by atoms with van der Waals surface area (Å²) in [7, 11) is 0. The van der Waals surface area contributed by atoms with Crippen molar-refractivity contribution in [1.29, 1.82) is 0 Å². The Balaban J connectivity index is 1.90. The predicted octanol–water partition coefficient (Wildman–Crippen LogP) is -0.307. The first kappa shape index (κ1) is 11.3. The highest BCUT2D eigenvalue weighted by Crippen LogP contribution is 2.61. The van der Waals surface area contributed by atoms with Gasteiger partial charge in [0.25, 0.3) is 0 Å². The standard InChI is InChI=1S/C12H13NO5/c1-2-7(14)13-8-5-3-6-9(8)18-11(17)12(6,4-5)10(15)16/h2,5-6,8-9H,1,3-4H2,(H,13,14)(H,15,16). The molecule has 0 aromatic heterocycles. The van der Waals surface area contributed by atoms with Gasteiger partial charge in [0.05, 0.1) is 6.04 Å². The molecule has 2 aliphatic carbocycles. The summed E-state index contributed by atoms with van der Waals surface area (Å²) in [5, 5.41) is 12.0. The normalized spacial score (nSPS) is 43.7. The molecule has 6 heteroatoms. The van der Waals surface area contributed by atoms with Crippen LogP contribution in [0.2, 0.25) is 0 Å². The number of carboxylic acids is 1. The highest BCUT2D eigenvalue weighted by Gasteiger charge is 2.74. The Labute approximate surface area is 103 Å². The topological polar surface area (TPSA) is 92.7 Å². The van der Waals surface area contributed by atoms with Crippen LogP contribution in [0, 0.1) is 17.3 Å². The summed E-state index contributed by atoms with van der Waals surface area (Å²) in [6.45, 7) is 3.37. The Hall–Kier alpha value is -1.85. The number of nitrogens with one attached hydrogen (secondary N) is 1. The minimum absolute atomic E-state index is 0.00792. The van der Waals surface area contributed by atoms with Crippen LogP contribution >= 0.6 is 0 Å². The molecule has 96 valence electrons. The summed E-state index contributed by atoms with van der Waals surface area (Å²) < 4.78 is 5.19. The molecular formula is C12H13NO5. The minimum Gasteiger partial charge on any atom is -0.480 e. The molecule has 1 saturated heterocycles. The zero-order valence-electron chi connectivity index (χ0n) is 9.59. The summed E-state index contributed by atoms with van der Waals surface area (Å²) in [6.07, 6.45) is 1.53. The minimum atomic E-state index is -1.37. The van der Waals surface area contributed by atoms with Gasteiger partial charge in [-0.15, -0.1) is 0 Å². The average molecular weight is 251 g/mol. The first-order valence-corrected chi connectivity index (χ1v) is 5.88. The monoisotopic (exact) mass is 251 g/mol. The van der Waals surface area contributed by atoms with Crippen molar-refractivity contribution < 1.29 is 24.2 Å². The summed E-state index contributed by atoms with van der Waals surface area (Å²) in [5.41, 5.74) is -1.37. The highest BCUT2D eigenvalue weighted by molar-refractivity contribution is 6.02. The van der Waals surface area contributed by atoms with Gasteiger partial charge in [-0.3, -0.25) is 14.4 Å². The van der Waals surface area contributed by atoms with Gasteiger partial charge in [0.2, 0.25) is 5.91 Å². The van der Waals surface area contributed by atoms with Crippen LogP contribution in [0.1, 0.15) is 12.8 Å². The molecule has 1 aliphatic heterocycles. The van der Waals surface area contributed by atoms with E-state index in [0.29, 0.717) is 6.42 Å². The third-order valence-corrected chi connectivity index (χ3v) is 4.52. The number of ether oxygens (including phenoxy) is 1. The molecule has 2 bridgehead atoms. The number of hydrogen-bond donors (Lipinski definition) is 2. The lowest BCUT2D eigenvalue weighted by molar-refractivity contribution is -0.161. The van der Waals surface area contributed by atoms with E-state index in [0.717, 1.165) is 6.08 Å². The molecule has 6 nitrogen and oxygen atoms in total. The second-order valence-corrected chi connectivity index (χ2v) is 5.19. The van der Waals surface area contributed by atoms with Crippen molar-refractivity contribution in [3.8, 4) is 0 Å². The Kier molecular flexibility index (Phi) is 2.09. The van der Waals surface area contributed by atoms with Crippen molar-refractivity contribution in [3.05, 3.63) is 12.7 Å². The van der Waals surface area contributed by atoms with Crippen LogP contribution < -0.4 is 5.32 Å². The van der Waals surface area contributed by atoms with E-state index < -0.39 is 23.5 Å². The largest absolute Gasteiger partial charge is 0.480 e. The summed E-state index contributed by atoms with van der Waals surface area (Å²) in [4.78, 5) is 34.5. The molecule has 3 rings (SSSR count). The number of rotatable bonds is 3. The van der Waals surface area contributed by atoms with E-state index in [1.807, 2.05) is 0 Å². The van der Waals surface area contributed by atoms with Crippen LogP contribution in [-0.2, 0) is 19.1 Å². The molecule has 0 radical (unpaired) electrons. The number of carboxylic acid groups (broad SMARTS) is 1. The molecule has 0 aromatic rings. The van der Waals surface area contributed by atoms with Crippen LogP contribution in [0.4, 0.5) is 0 Å². The van der Waals surface area contributed by atoms with Crippen LogP contribution in [-0.4, -0.2) is 35.1 Å². The van der Waals surface area contributed by atoms with Gasteiger partial charge in [0, 0.05) is 5.92 Å². The van der Waals surface area contributed by atoms with Crippen LogP contribution in [0.3, 0.4) is 0 Å². The third-order valence-electron chi connectivity index (χ3n) is 4.52. The van der Waals surface area contributed by atoms with Gasteiger partial charge in [0.1, 0.15) is 6.10 Å². The fraction of sp³-hybridized carbons (Fsp3) is 0.583. The molecule has 18 heavy (non-hydrogen) atoms. The summed E-state index contributed by atoms with van der Waals surface area (Å²) in [6, 6.07) is -0.278. The van der Waals surface area contributed by atoms with E-state index in [-0.39, 0.29) is 30.2 Å². The molecule has 1 heterocycles. The Morgan fingerprint density at radius 3 is 2.89 bits per heavy atom. The molecule has 3 aliphatic rings. The maximum Gasteiger partial charge on any atom is 0.324 e. The van der Waals surface area contributed by atoms with Crippen LogP contribution in [0.15, 0.2) is 12.7 Å². The second kappa shape index (κ2) is 3.34. The van der Waals surface area contributed by atoms with Gasteiger partial charge >= 0.3 is 11.9 Å². The van der Waals surface area contributed by atoms with E-state index in [9.17, 15) is 19.5 Å². The number of carbonyl (C=O) groups is 3. The molecule has 0 aromatic carbocycles. The first-order valence-electron chi connectivity index (χ1n) is 5.88. The average Bonchev–Trinajstić information content (AvgIpc) is 2.90. The predicted molar refractivity (Wildman–Crippen MR) is 58.3 cm³/mol. The van der Waals surface area contributed by atoms with Gasteiger partial charge in [-0.05, 0) is 24.8 Å². The van der Waals surface area contributed by atoms with Crippen LogP contribution in [0.25, 0.3) is 0 Å². The number of carbonyl (C=O) groups excluding carboxylic acids is 2. The van der Waals surface area contributed by atoms with Crippen LogP contribution in [0.5, 0.6) is 0 Å². The summed E-state index contributed by atoms with van der Waals surface area (Å²) >= 11 is 0. The molecule has 3 fully saturated rings. The zero-order valence-corrected chi connectivity index (χ0v) is 9.59. The van der Waals surface area contributed by atoms with Crippen molar-refractivity contribution in [2.24, 2.45) is 17.3 Å². The summed E-state index contributed by atoms with van der Waals surface area (Å²) in [5.74, 6) is -2.40. The van der Waals surface area contributed by atoms with E-state index in [1.165, 1.54) is 0 Å². The maximum atomic E-state index is 11.8. The number of amides is 1. The number of esters is 1. The van der Waals surface area contributed by atoms with Crippen molar-refractivity contribution in [2.75, 3.05) is 0 Å². The van der Waals surface area contributed by atoms with Crippen molar-refractivity contribution >= 4 is 17.8 Å². The highest BCUT2D eigenvalue weighted by atomic mass is 16.6. The molecule has 1 amide bonds. The first-order chi connectivity index (χ1) is 8.50. The Morgan fingerprint density at radius 2 is 2.28 bits per heavy atom. The van der Waals surface area contributed by atoms with E-state index in [4.69, 9.17) is 4.74 Å². The smallest absolute Gasteiger partial charge is 0.324 e. The van der Waals surface area contributed by atoms with Gasteiger partial charge in [-0.25, -0.2) is 0 Å². The Bertz CT molecular complexity index is 473. The fourth-order valence-corrected chi connectivity index (χ4v) is 3.76. The number of aliphatic carboxylic acids is 1. The molecule has 5 atom stereocenters. The number of fused-ring (bicyclic) bond motifs is 1. The van der Waals surface area contributed by atoms with Gasteiger partial charge in [-0.1, -0.05) is 6.58 Å². The lowest BCUT2D eigenvalue weighted by atomic mass is 9.73. The molecule has 2 saturated carbocycles. The fourth-order valence-electron chi connectivity index (χ4n) is 3.76. The van der Waals surface area contributed by atoms with E-state index >= 15 is 0 Å². The van der Waals surface area contributed by atoms with Crippen molar-refractivity contribution in [3.63, 3.8) is 0 Å².